The zero-order valence-corrected chi connectivity index (χ0v) is 16.5. The van der Waals surface area contributed by atoms with Crippen molar-refractivity contribution in [1.29, 1.82) is 0 Å². The molecule has 0 aromatic carbocycles. The van der Waals surface area contributed by atoms with Gasteiger partial charge in [-0.1, -0.05) is 0 Å². The van der Waals surface area contributed by atoms with Crippen LogP contribution in [0.25, 0.3) is 16.8 Å². The van der Waals surface area contributed by atoms with Crippen molar-refractivity contribution in [2.75, 3.05) is 0 Å². The highest BCUT2D eigenvalue weighted by Crippen LogP contribution is 2.23. The molecule has 0 aliphatic carbocycles. The minimum atomic E-state index is -0.803. The molecular formula is C18H20ClN5O3. The first kappa shape index (κ1) is 19.0. The first-order valence-corrected chi connectivity index (χ1v) is 8.76. The molecule has 3 rings (SSSR count). The summed E-state index contributed by atoms with van der Waals surface area (Å²) in [7, 11) is 0. The summed E-state index contributed by atoms with van der Waals surface area (Å²) in [5.41, 5.74) is 1.44. The Labute approximate surface area is 160 Å². The third-order valence-electron chi connectivity index (χ3n) is 3.94. The Morgan fingerprint density at radius 3 is 2.70 bits per heavy atom. The van der Waals surface area contributed by atoms with Crippen LogP contribution in [0.1, 0.15) is 39.3 Å². The van der Waals surface area contributed by atoms with Crippen LogP contribution in [-0.2, 0) is 9.53 Å². The van der Waals surface area contributed by atoms with Gasteiger partial charge < -0.3 is 4.74 Å². The number of hydrogen-bond acceptors (Lipinski definition) is 6. The molecule has 0 fully saturated rings. The maximum absolute atomic E-state index is 12.9. The molecule has 8 nitrogen and oxygen atoms in total. The van der Waals surface area contributed by atoms with Crippen LogP contribution < -0.4 is 5.56 Å². The highest BCUT2D eigenvalue weighted by Gasteiger charge is 2.24. The van der Waals surface area contributed by atoms with Crippen LogP contribution in [0.5, 0.6) is 0 Å². The van der Waals surface area contributed by atoms with Crippen molar-refractivity contribution in [1.82, 2.24) is 24.1 Å². The summed E-state index contributed by atoms with van der Waals surface area (Å²) in [6, 6.07) is 0.863. The molecule has 0 radical (unpaired) electrons. The summed E-state index contributed by atoms with van der Waals surface area (Å²) in [6.45, 7) is 8.78. The molecule has 9 heteroatoms. The molecule has 0 saturated carbocycles. The van der Waals surface area contributed by atoms with E-state index < -0.39 is 17.6 Å². The third kappa shape index (κ3) is 3.85. The number of carbonyl (C=O) groups is 1. The Bertz CT molecular complexity index is 1080. The van der Waals surface area contributed by atoms with Gasteiger partial charge in [0, 0.05) is 18.0 Å². The first-order valence-electron chi connectivity index (χ1n) is 8.39. The molecular weight excluding hydrogens is 370 g/mol. The lowest BCUT2D eigenvalue weighted by atomic mass is 10.1. The lowest BCUT2D eigenvalue weighted by molar-refractivity contribution is -0.158. The molecule has 1 unspecified atom stereocenters. The van der Waals surface area contributed by atoms with Crippen LogP contribution in [0.4, 0.5) is 0 Å². The zero-order chi connectivity index (χ0) is 19.9. The maximum Gasteiger partial charge on any atom is 0.329 e. The lowest BCUT2D eigenvalue weighted by Gasteiger charge is -2.22. The molecule has 0 amide bonds. The van der Waals surface area contributed by atoms with Crippen LogP contribution in [0.15, 0.2) is 29.6 Å². The lowest BCUT2D eigenvalue weighted by Crippen LogP contribution is -2.34. The second-order valence-electron chi connectivity index (χ2n) is 7.28. The number of aryl methyl sites for hydroxylation is 1. The van der Waals surface area contributed by atoms with Crippen molar-refractivity contribution < 1.29 is 9.53 Å². The molecule has 142 valence electrons. The molecule has 0 saturated heterocycles. The van der Waals surface area contributed by atoms with Crippen molar-refractivity contribution in [2.45, 2.75) is 46.3 Å². The van der Waals surface area contributed by atoms with E-state index in [1.807, 2.05) is 6.92 Å². The summed E-state index contributed by atoms with van der Waals surface area (Å²) in [6.07, 6.45) is 4.63. The standard InChI is InChI=1S/C18H20ClN5O3/c1-10-7-20-17(19)22-14(10)12-6-13-15(25)23(9-21-24(13)8-12)11(2)16(26)27-18(3,4)5/h6-9,11H,1-5H3. The quantitative estimate of drug-likeness (QED) is 0.505. The summed E-state index contributed by atoms with van der Waals surface area (Å²) in [5.74, 6) is -0.499. The number of aromatic nitrogens is 5. The summed E-state index contributed by atoms with van der Waals surface area (Å²) in [5, 5.41) is 4.36. The van der Waals surface area contributed by atoms with Crippen molar-refractivity contribution in [3.05, 3.63) is 46.0 Å². The number of halogens is 1. The van der Waals surface area contributed by atoms with Crippen LogP contribution in [0, 0.1) is 6.92 Å². The molecule has 0 N–H and O–H groups in total. The number of esters is 1. The van der Waals surface area contributed by atoms with E-state index in [2.05, 4.69) is 15.1 Å². The fraction of sp³-hybridized carbons (Fsp3) is 0.389. The second-order valence-corrected chi connectivity index (χ2v) is 7.62. The topological polar surface area (TPSA) is 91.4 Å². The van der Waals surface area contributed by atoms with Crippen molar-refractivity contribution in [3.8, 4) is 11.3 Å². The van der Waals surface area contributed by atoms with Gasteiger partial charge in [0.2, 0.25) is 5.28 Å². The Balaban J connectivity index is 2.04. The Kier molecular flexibility index (Phi) is 4.77. The average Bonchev–Trinajstić information content (AvgIpc) is 3.00. The maximum atomic E-state index is 12.9. The van der Waals surface area contributed by atoms with Crippen LogP contribution in [0.2, 0.25) is 5.28 Å². The van der Waals surface area contributed by atoms with E-state index in [0.717, 1.165) is 5.56 Å². The van der Waals surface area contributed by atoms with Gasteiger partial charge in [-0.05, 0) is 57.8 Å². The smallest absolute Gasteiger partial charge is 0.329 e. The van der Waals surface area contributed by atoms with E-state index in [9.17, 15) is 9.59 Å². The number of fused-ring (bicyclic) bond motifs is 1. The highest BCUT2D eigenvalue weighted by atomic mass is 35.5. The number of hydrogen-bond donors (Lipinski definition) is 0. The van der Waals surface area contributed by atoms with E-state index in [1.165, 1.54) is 15.4 Å². The number of carbonyl (C=O) groups excluding carboxylic acids is 1. The van der Waals surface area contributed by atoms with Gasteiger partial charge in [-0.2, -0.15) is 5.10 Å². The van der Waals surface area contributed by atoms with Gasteiger partial charge in [-0.3, -0.25) is 9.36 Å². The van der Waals surface area contributed by atoms with Crippen molar-refractivity contribution in [3.63, 3.8) is 0 Å². The monoisotopic (exact) mass is 389 g/mol. The average molecular weight is 390 g/mol. The minimum Gasteiger partial charge on any atom is -0.458 e. The second kappa shape index (κ2) is 6.77. The molecule has 0 aliphatic rings. The summed E-state index contributed by atoms with van der Waals surface area (Å²) >= 11 is 5.89. The van der Waals surface area contributed by atoms with Gasteiger partial charge in [-0.25, -0.2) is 19.3 Å². The number of nitrogens with zero attached hydrogens (tertiary/aromatic N) is 5. The van der Waals surface area contributed by atoms with Crippen LogP contribution in [-0.4, -0.2) is 35.7 Å². The number of rotatable bonds is 3. The van der Waals surface area contributed by atoms with E-state index in [0.29, 0.717) is 16.8 Å². The number of ether oxygens (including phenoxy) is 1. The van der Waals surface area contributed by atoms with E-state index >= 15 is 0 Å². The fourth-order valence-electron chi connectivity index (χ4n) is 2.62. The fourth-order valence-corrected chi connectivity index (χ4v) is 2.76. The normalized spacial score (nSPS) is 13.0. The van der Waals surface area contributed by atoms with Crippen LogP contribution >= 0.6 is 11.6 Å². The summed E-state index contributed by atoms with van der Waals surface area (Å²) in [4.78, 5) is 33.3. The van der Waals surface area contributed by atoms with Crippen molar-refractivity contribution in [2.24, 2.45) is 0 Å². The van der Waals surface area contributed by atoms with Crippen molar-refractivity contribution >= 4 is 23.1 Å². The van der Waals surface area contributed by atoms with Gasteiger partial charge >= 0.3 is 5.97 Å². The Morgan fingerprint density at radius 2 is 2.04 bits per heavy atom. The minimum absolute atomic E-state index is 0.120. The largest absolute Gasteiger partial charge is 0.458 e. The first-order chi connectivity index (χ1) is 12.6. The molecule has 3 heterocycles. The Morgan fingerprint density at radius 1 is 1.33 bits per heavy atom. The summed E-state index contributed by atoms with van der Waals surface area (Å²) < 4.78 is 8.07. The molecule has 0 bridgehead atoms. The van der Waals surface area contributed by atoms with Gasteiger partial charge in [-0.15, -0.1) is 0 Å². The van der Waals surface area contributed by atoms with Gasteiger partial charge in [0.25, 0.3) is 5.56 Å². The molecule has 3 aromatic heterocycles. The predicted molar refractivity (Wildman–Crippen MR) is 101 cm³/mol. The predicted octanol–water partition coefficient (Wildman–Crippen LogP) is 2.82. The van der Waals surface area contributed by atoms with Gasteiger partial charge in [0.05, 0.1) is 5.69 Å². The Hall–Kier alpha value is -2.74. The van der Waals surface area contributed by atoms with Gasteiger partial charge in [0.1, 0.15) is 23.5 Å². The molecule has 27 heavy (non-hydrogen) atoms. The van der Waals surface area contributed by atoms with E-state index in [-0.39, 0.29) is 10.8 Å². The SMILES string of the molecule is Cc1cnc(Cl)nc1-c1cc2c(=O)n(C(C)C(=O)OC(C)(C)C)cnn2c1. The highest BCUT2D eigenvalue weighted by molar-refractivity contribution is 6.28. The van der Waals surface area contributed by atoms with E-state index in [4.69, 9.17) is 16.3 Å². The molecule has 1 atom stereocenters. The zero-order valence-electron chi connectivity index (χ0n) is 15.7. The van der Waals surface area contributed by atoms with E-state index in [1.54, 1.807) is 46.2 Å². The van der Waals surface area contributed by atoms with Crippen LogP contribution in [0.3, 0.4) is 0 Å². The van der Waals surface area contributed by atoms with Gasteiger partial charge in [0.15, 0.2) is 0 Å². The molecule has 0 spiro atoms. The molecule has 0 aliphatic heterocycles. The molecule has 3 aromatic rings. The third-order valence-corrected chi connectivity index (χ3v) is 4.12.